The number of carbonyl (C=O) groups is 1. The van der Waals surface area contributed by atoms with Crippen LogP contribution in [0, 0.1) is 0 Å². The maximum absolute atomic E-state index is 11.8. The highest BCUT2D eigenvalue weighted by Crippen LogP contribution is 2.27. The molecule has 0 fully saturated rings. The number of nitrogens with two attached hydrogens (primary N) is 1. The Morgan fingerprint density at radius 3 is 3.11 bits per heavy atom. The smallest absolute Gasteiger partial charge is 0.344 e. The van der Waals surface area contributed by atoms with E-state index in [1.54, 1.807) is 19.2 Å². The summed E-state index contributed by atoms with van der Waals surface area (Å²) in [5.41, 5.74) is 6.76. The van der Waals surface area contributed by atoms with Crippen LogP contribution < -0.4 is 11.1 Å². The van der Waals surface area contributed by atoms with E-state index in [2.05, 4.69) is 19.7 Å². The molecule has 100 valence electrons. The first-order chi connectivity index (χ1) is 9.22. The molecule has 8 heteroatoms. The molecule has 0 amide bonds. The summed E-state index contributed by atoms with van der Waals surface area (Å²) in [6, 6.07) is 1.78. The van der Waals surface area contributed by atoms with Crippen molar-refractivity contribution in [2.24, 2.45) is 0 Å². The fraction of sp³-hybridized carbons (Fsp3) is 0.273. The van der Waals surface area contributed by atoms with Crippen LogP contribution in [-0.4, -0.2) is 26.9 Å². The molecule has 0 aromatic carbocycles. The van der Waals surface area contributed by atoms with Gasteiger partial charge in [0.25, 0.3) is 0 Å². The third-order valence-corrected chi connectivity index (χ3v) is 3.09. The largest absolute Gasteiger partial charge is 0.462 e. The number of anilines is 2. The highest BCUT2D eigenvalue weighted by Gasteiger charge is 2.20. The van der Waals surface area contributed by atoms with Crippen LogP contribution in [0.2, 0.25) is 0 Å². The summed E-state index contributed by atoms with van der Waals surface area (Å²) >= 11 is 1.12. The number of nitrogens with one attached hydrogen (secondary N) is 1. The Morgan fingerprint density at radius 2 is 2.42 bits per heavy atom. The predicted molar refractivity (Wildman–Crippen MR) is 71.8 cm³/mol. The van der Waals surface area contributed by atoms with Crippen LogP contribution in [0.5, 0.6) is 0 Å². The van der Waals surface area contributed by atoms with Gasteiger partial charge in [0.05, 0.1) is 18.8 Å². The number of ether oxygens (including phenoxy) is 1. The number of aromatic nitrogens is 3. The van der Waals surface area contributed by atoms with Crippen LogP contribution in [0.25, 0.3) is 0 Å². The van der Waals surface area contributed by atoms with Crippen molar-refractivity contribution in [1.82, 2.24) is 14.3 Å². The average molecular weight is 279 g/mol. The number of nitrogens with zero attached hydrogens (tertiary/aromatic N) is 3. The van der Waals surface area contributed by atoms with Gasteiger partial charge in [0.1, 0.15) is 16.9 Å². The van der Waals surface area contributed by atoms with Crippen molar-refractivity contribution in [3.05, 3.63) is 29.8 Å². The van der Waals surface area contributed by atoms with Crippen molar-refractivity contribution in [3.63, 3.8) is 0 Å². The van der Waals surface area contributed by atoms with Gasteiger partial charge in [-0.3, -0.25) is 0 Å². The van der Waals surface area contributed by atoms with E-state index in [1.165, 1.54) is 6.33 Å². The molecule has 3 N–H and O–H groups in total. The maximum Gasteiger partial charge on any atom is 0.344 e. The Hall–Kier alpha value is -2.22. The summed E-state index contributed by atoms with van der Waals surface area (Å²) < 4.78 is 8.90. The molecule has 0 radical (unpaired) electrons. The molecule has 0 aliphatic rings. The molecule has 7 nitrogen and oxygen atoms in total. The first-order valence-corrected chi connectivity index (χ1v) is 6.40. The number of rotatable bonds is 5. The van der Waals surface area contributed by atoms with E-state index < -0.39 is 5.97 Å². The monoisotopic (exact) mass is 279 g/mol. The van der Waals surface area contributed by atoms with Gasteiger partial charge in [0.15, 0.2) is 5.82 Å². The summed E-state index contributed by atoms with van der Waals surface area (Å²) in [4.78, 5) is 19.7. The van der Waals surface area contributed by atoms with E-state index in [9.17, 15) is 4.79 Å². The maximum atomic E-state index is 11.8. The van der Waals surface area contributed by atoms with E-state index in [0.29, 0.717) is 18.2 Å². The van der Waals surface area contributed by atoms with Crippen molar-refractivity contribution >= 4 is 28.3 Å². The standard InChI is InChI=1S/C11H13N5O2S/c1-2-18-11(17)8-9(12)16-19-10(8)14-5-7-3-4-13-6-15-7/h3-4,6,14H,2,5H2,1H3,(H2,12,16). The lowest BCUT2D eigenvalue weighted by molar-refractivity contribution is 0.0529. The first kappa shape index (κ1) is 13.2. The topological polar surface area (TPSA) is 103 Å². The van der Waals surface area contributed by atoms with Crippen molar-refractivity contribution in [1.29, 1.82) is 0 Å². The van der Waals surface area contributed by atoms with Gasteiger partial charge in [-0.25, -0.2) is 14.8 Å². The lowest BCUT2D eigenvalue weighted by Crippen LogP contribution is -2.10. The number of nitrogen functional groups attached to an aromatic ring is 1. The fourth-order valence-corrected chi connectivity index (χ4v) is 2.11. The Bertz CT molecular complexity index is 557. The summed E-state index contributed by atoms with van der Waals surface area (Å²) in [5.74, 6) is -0.299. The molecule has 2 aromatic heterocycles. The molecule has 2 aromatic rings. The Morgan fingerprint density at radius 1 is 1.58 bits per heavy atom. The lowest BCUT2D eigenvalue weighted by atomic mass is 10.3. The number of esters is 1. The molecule has 0 aliphatic carbocycles. The number of hydrogen-bond donors (Lipinski definition) is 2. The van der Waals surface area contributed by atoms with Gasteiger partial charge >= 0.3 is 5.97 Å². The Balaban J connectivity index is 2.11. The molecule has 0 atom stereocenters. The van der Waals surface area contributed by atoms with Gasteiger partial charge in [-0.05, 0) is 24.5 Å². The SMILES string of the molecule is CCOC(=O)c1c(N)nsc1NCc1ccncn1. The minimum Gasteiger partial charge on any atom is -0.462 e. The van der Waals surface area contributed by atoms with Crippen LogP contribution in [0.3, 0.4) is 0 Å². The van der Waals surface area contributed by atoms with Crippen molar-refractivity contribution in [2.75, 3.05) is 17.7 Å². The van der Waals surface area contributed by atoms with E-state index in [0.717, 1.165) is 17.2 Å². The van der Waals surface area contributed by atoms with Crippen LogP contribution in [0.1, 0.15) is 23.0 Å². The molecule has 0 bridgehead atoms. The summed E-state index contributed by atoms with van der Waals surface area (Å²) in [6.07, 6.45) is 3.11. The quantitative estimate of drug-likeness (QED) is 0.795. The van der Waals surface area contributed by atoms with Crippen LogP contribution in [0.15, 0.2) is 18.6 Å². The summed E-state index contributed by atoms with van der Waals surface area (Å²) in [6.45, 7) is 2.48. The molecule has 0 saturated carbocycles. The van der Waals surface area contributed by atoms with Crippen LogP contribution in [-0.2, 0) is 11.3 Å². The second-order valence-corrected chi connectivity index (χ2v) is 4.32. The van der Waals surface area contributed by atoms with Crippen molar-refractivity contribution in [2.45, 2.75) is 13.5 Å². The zero-order chi connectivity index (χ0) is 13.7. The number of hydrogen-bond acceptors (Lipinski definition) is 8. The average Bonchev–Trinajstić information content (AvgIpc) is 2.79. The summed E-state index contributed by atoms with van der Waals surface area (Å²) in [7, 11) is 0. The third kappa shape index (κ3) is 3.16. The van der Waals surface area contributed by atoms with E-state index in [-0.39, 0.29) is 11.4 Å². The zero-order valence-electron chi connectivity index (χ0n) is 10.3. The van der Waals surface area contributed by atoms with Crippen molar-refractivity contribution < 1.29 is 9.53 Å². The number of carbonyl (C=O) groups excluding carboxylic acids is 1. The van der Waals surface area contributed by atoms with Crippen molar-refractivity contribution in [3.8, 4) is 0 Å². The fourth-order valence-electron chi connectivity index (χ4n) is 1.42. The second-order valence-electron chi connectivity index (χ2n) is 3.55. The van der Waals surface area contributed by atoms with Gasteiger partial charge in [-0.1, -0.05) is 0 Å². The zero-order valence-corrected chi connectivity index (χ0v) is 11.1. The van der Waals surface area contributed by atoms with E-state index >= 15 is 0 Å². The van der Waals surface area contributed by atoms with Gasteiger partial charge in [0.2, 0.25) is 0 Å². The van der Waals surface area contributed by atoms with Crippen LogP contribution >= 0.6 is 11.5 Å². The molecule has 19 heavy (non-hydrogen) atoms. The van der Waals surface area contributed by atoms with E-state index in [1.807, 2.05) is 0 Å². The second kappa shape index (κ2) is 6.10. The van der Waals surface area contributed by atoms with Gasteiger partial charge in [-0.2, -0.15) is 4.37 Å². The Labute approximate surface area is 114 Å². The molecule has 2 rings (SSSR count). The third-order valence-electron chi connectivity index (χ3n) is 2.27. The van der Waals surface area contributed by atoms with Gasteiger partial charge in [0, 0.05) is 6.20 Å². The molecule has 0 unspecified atom stereocenters. The highest BCUT2D eigenvalue weighted by molar-refractivity contribution is 7.11. The lowest BCUT2D eigenvalue weighted by Gasteiger charge is -2.06. The highest BCUT2D eigenvalue weighted by atomic mass is 32.1. The van der Waals surface area contributed by atoms with Gasteiger partial charge < -0.3 is 15.8 Å². The minimum atomic E-state index is -0.473. The molecule has 0 saturated heterocycles. The normalized spacial score (nSPS) is 10.2. The molecule has 0 aliphatic heterocycles. The minimum absolute atomic E-state index is 0.175. The molecule has 2 heterocycles. The molecule has 0 spiro atoms. The predicted octanol–water partition coefficient (Wildman–Crippen LogP) is 1.30. The molecular weight excluding hydrogens is 266 g/mol. The molecular formula is C11H13N5O2S. The van der Waals surface area contributed by atoms with Crippen LogP contribution in [0.4, 0.5) is 10.8 Å². The van der Waals surface area contributed by atoms with E-state index in [4.69, 9.17) is 10.5 Å². The summed E-state index contributed by atoms with van der Waals surface area (Å²) in [5, 5.41) is 3.65. The van der Waals surface area contributed by atoms with Gasteiger partial charge in [-0.15, -0.1) is 0 Å². The Kier molecular flexibility index (Phi) is 4.24. The first-order valence-electron chi connectivity index (χ1n) is 5.63.